The minimum absolute atomic E-state index is 0.216. The van der Waals surface area contributed by atoms with Crippen molar-refractivity contribution in [3.63, 3.8) is 0 Å². The largest absolute Gasteiger partial charge is 0.465 e. The van der Waals surface area contributed by atoms with E-state index in [-0.39, 0.29) is 26.2 Å². The molecule has 1 aromatic heterocycles. The van der Waals surface area contributed by atoms with E-state index in [0.717, 1.165) is 34.8 Å². The monoisotopic (exact) mass is 511 g/mol. The van der Waals surface area contributed by atoms with Gasteiger partial charge in [0.25, 0.3) is 0 Å². The molecule has 0 atom stereocenters. The normalized spacial score (nSPS) is 13.2. The van der Waals surface area contributed by atoms with Crippen molar-refractivity contribution in [2.24, 2.45) is 0 Å². The number of hydrogen-bond acceptors (Lipinski definition) is 5. The number of urea groups is 1. The second kappa shape index (κ2) is 12.0. The van der Waals surface area contributed by atoms with Crippen molar-refractivity contribution in [2.45, 2.75) is 39.9 Å². The van der Waals surface area contributed by atoms with Crippen LogP contribution >= 0.6 is 0 Å². The van der Waals surface area contributed by atoms with Crippen molar-refractivity contribution in [2.75, 3.05) is 26.2 Å². The fourth-order valence-electron chi connectivity index (χ4n) is 4.47. The Labute approximate surface area is 214 Å². The van der Waals surface area contributed by atoms with E-state index < -0.39 is 23.6 Å². The van der Waals surface area contributed by atoms with Crippen LogP contribution < -0.4 is 5.32 Å². The minimum atomic E-state index is -0.502. The van der Waals surface area contributed by atoms with Crippen LogP contribution in [0.3, 0.4) is 0 Å². The van der Waals surface area contributed by atoms with E-state index in [9.17, 15) is 18.4 Å². The number of halogens is 2. The van der Waals surface area contributed by atoms with Crippen LogP contribution in [0.2, 0.25) is 0 Å². The smallest absolute Gasteiger partial charge is 0.325 e. The molecule has 0 bridgehead atoms. The Morgan fingerprint density at radius 3 is 2.65 bits per heavy atom. The molecule has 0 aliphatic carbocycles. The second-order valence-corrected chi connectivity index (χ2v) is 8.79. The lowest BCUT2D eigenvalue weighted by Gasteiger charge is -2.28. The molecule has 10 heteroatoms. The van der Waals surface area contributed by atoms with Crippen LogP contribution in [-0.4, -0.2) is 57.8 Å². The minimum Gasteiger partial charge on any atom is -0.465 e. The highest BCUT2D eigenvalue weighted by molar-refractivity contribution is 5.80. The van der Waals surface area contributed by atoms with Gasteiger partial charge in [0.15, 0.2) is 0 Å². The van der Waals surface area contributed by atoms with E-state index in [0.29, 0.717) is 31.6 Å². The summed E-state index contributed by atoms with van der Waals surface area (Å²) in [4.78, 5) is 28.1. The topological polar surface area (TPSA) is 79.7 Å². The fourth-order valence-corrected chi connectivity index (χ4v) is 4.47. The highest BCUT2D eigenvalue weighted by atomic mass is 19.1. The van der Waals surface area contributed by atoms with Crippen LogP contribution in [0.25, 0.3) is 5.69 Å². The van der Waals surface area contributed by atoms with Crippen LogP contribution in [0, 0.1) is 11.6 Å². The molecule has 0 fully saturated rings. The number of para-hydroxylation sites is 1. The van der Waals surface area contributed by atoms with Crippen molar-refractivity contribution in [1.82, 2.24) is 24.9 Å². The van der Waals surface area contributed by atoms with E-state index >= 15 is 0 Å². The number of aromatic nitrogens is 2. The first kappa shape index (κ1) is 26.3. The summed E-state index contributed by atoms with van der Waals surface area (Å²) in [5.41, 5.74) is 3.92. The van der Waals surface area contributed by atoms with E-state index in [4.69, 9.17) is 9.84 Å². The van der Waals surface area contributed by atoms with Gasteiger partial charge in [0, 0.05) is 43.7 Å². The molecule has 0 spiro atoms. The molecular formula is C27H31F2N5O3. The Balaban J connectivity index is 1.59. The molecule has 0 radical (unpaired) electrons. The third-order valence-corrected chi connectivity index (χ3v) is 6.32. The number of carbonyl (C=O) groups is 2. The van der Waals surface area contributed by atoms with Crippen molar-refractivity contribution < 1.29 is 23.1 Å². The molecule has 1 N–H and O–H groups in total. The summed E-state index contributed by atoms with van der Waals surface area (Å²) in [7, 11) is 0. The van der Waals surface area contributed by atoms with E-state index in [1.54, 1.807) is 11.8 Å². The SMILES string of the molecule is CCOC(=O)CNC(=O)N(CC)Cc1nn(-c2ccccc2)c2c1CN(Cc1cc(F)ccc1F)CC2. The zero-order chi connectivity index (χ0) is 26.4. The number of esters is 1. The van der Waals surface area contributed by atoms with E-state index in [2.05, 4.69) is 10.2 Å². The van der Waals surface area contributed by atoms with Gasteiger partial charge in [-0.3, -0.25) is 9.69 Å². The number of hydrogen-bond donors (Lipinski definition) is 1. The lowest BCUT2D eigenvalue weighted by atomic mass is 10.0. The van der Waals surface area contributed by atoms with Crippen molar-refractivity contribution in [3.05, 3.63) is 82.7 Å². The summed E-state index contributed by atoms with van der Waals surface area (Å²) >= 11 is 0. The predicted molar refractivity (Wildman–Crippen MR) is 134 cm³/mol. The maximum Gasteiger partial charge on any atom is 0.325 e. The summed E-state index contributed by atoms with van der Waals surface area (Å²) in [6.07, 6.45) is 0.662. The quantitative estimate of drug-likeness (QED) is 0.442. The summed E-state index contributed by atoms with van der Waals surface area (Å²) < 4.78 is 34.8. The summed E-state index contributed by atoms with van der Waals surface area (Å²) in [6.45, 7) is 5.61. The first-order valence-corrected chi connectivity index (χ1v) is 12.4. The molecule has 37 heavy (non-hydrogen) atoms. The van der Waals surface area contributed by atoms with Gasteiger partial charge in [-0.2, -0.15) is 5.10 Å². The third kappa shape index (κ3) is 6.32. The van der Waals surface area contributed by atoms with Crippen LogP contribution in [0.5, 0.6) is 0 Å². The standard InChI is InChI=1S/C27H31F2N5O3/c1-3-33(27(36)30-15-26(35)37-4-2)18-24-22-17-32(16-19-14-20(28)10-11-23(19)29)13-12-25(22)34(31-24)21-8-6-5-7-9-21/h5-11,14H,3-4,12-13,15-18H2,1-2H3,(H,30,36). The van der Waals surface area contributed by atoms with Gasteiger partial charge in [0.2, 0.25) is 0 Å². The molecule has 4 rings (SSSR count). The van der Waals surface area contributed by atoms with Gasteiger partial charge in [-0.25, -0.2) is 18.3 Å². The van der Waals surface area contributed by atoms with Crippen LogP contribution in [-0.2, 0) is 35.6 Å². The Morgan fingerprint density at radius 2 is 1.92 bits per heavy atom. The van der Waals surface area contributed by atoms with Gasteiger partial charge in [0.1, 0.15) is 18.2 Å². The number of fused-ring (bicyclic) bond motifs is 1. The summed E-state index contributed by atoms with van der Waals surface area (Å²) in [6, 6.07) is 12.8. The third-order valence-electron chi connectivity index (χ3n) is 6.32. The number of amides is 2. The van der Waals surface area contributed by atoms with Gasteiger partial charge in [-0.05, 0) is 44.2 Å². The Bertz CT molecular complexity index is 1250. The molecule has 2 aromatic carbocycles. The first-order valence-electron chi connectivity index (χ1n) is 12.4. The maximum atomic E-state index is 14.3. The zero-order valence-corrected chi connectivity index (χ0v) is 21.0. The van der Waals surface area contributed by atoms with Crippen molar-refractivity contribution in [3.8, 4) is 5.69 Å². The molecule has 2 heterocycles. The molecule has 196 valence electrons. The first-order chi connectivity index (χ1) is 17.9. The molecule has 8 nitrogen and oxygen atoms in total. The van der Waals surface area contributed by atoms with E-state index in [1.807, 2.05) is 41.9 Å². The highest BCUT2D eigenvalue weighted by Crippen LogP contribution is 2.28. The molecule has 1 aliphatic rings. The molecule has 0 saturated heterocycles. The number of rotatable bonds is 9. The van der Waals surface area contributed by atoms with Crippen LogP contribution in [0.1, 0.15) is 36.4 Å². The number of nitrogens with zero attached hydrogens (tertiary/aromatic N) is 4. The second-order valence-electron chi connectivity index (χ2n) is 8.79. The van der Waals surface area contributed by atoms with E-state index in [1.165, 1.54) is 6.07 Å². The molecule has 3 aromatic rings. The predicted octanol–water partition coefficient (Wildman–Crippen LogP) is 3.80. The lowest BCUT2D eigenvalue weighted by Crippen LogP contribution is -2.42. The van der Waals surface area contributed by atoms with Gasteiger partial charge in [0.05, 0.1) is 30.2 Å². The van der Waals surface area contributed by atoms with Crippen LogP contribution in [0.15, 0.2) is 48.5 Å². The van der Waals surface area contributed by atoms with Gasteiger partial charge >= 0.3 is 12.0 Å². The fraction of sp³-hybridized carbons (Fsp3) is 0.370. The Morgan fingerprint density at radius 1 is 1.14 bits per heavy atom. The maximum absolute atomic E-state index is 14.3. The number of nitrogens with one attached hydrogen (secondary N) is 1. The summed E-state index contributed by atoms with van der Waals surface area (Å²) in [5.74, 6) is -1.42. The van der Waals surface area contributed by atoms with Crippen LogP contribution in [0.4, 0.5) is 13.6 Å². The van der Waals surface area contributed by atoms with Crippen molar-refractivity contribution >= 4 is 12.0 Å². The number of benzene rings is 2. The lowest BCUT2D eigenvalue weighted by molar-refractivity contribution is -0.141. The number of ether oxygens (including phenoxy) is 1. The average Bonchev–Trinajstić information content (AvgIpc) is 3.26. The molecule has 1 aliphatic heterocycles. The average molecular weight is 512 g/mol. The number of carbonyl (C=O) groups excluding carboxylic acids is 2. The van der Waals surface area contributed by atoms with Crippen molar-refractivity contribution in [1.29, 1.82) is 0 Å². The zero-order valence-electron chi connectivity index (χ0n) is 21.0. The molecule has 0 saturated carbocycles. The highest BCUT2D eigenvalue weighted by Gasteiger charge is 2.28. The Hall–Kier alpha value is -3.79. The van der Waals surface area contributed by atoms with Gasteiger partial charge in [-0.1, -0.05) is 18.2 Å². The van der Waals surface area contributed by atoms with Gasteiger partial charge in [-0.15, -0.1) is 0 Å². The molecule has 2 amide bonds. The molecule has 0 unspecified atom stereocenters. The van der Waals surface area contributed by atoms with Gasteiger partial charge < -0.3 is 15.0 Å². The Kier molecular flexibility index (Phi) is 8.50. The summed E-state index contributed by atoms with van der Waals surface area (Å²) in [5, 5.41) is 7.47. The molecular weight excluding hydrogens is 480 g/mol.